The van der Waals surface area contributed by atoms with Crippen molar-refractivity contribution < 1.29 is 4.79 Å². The van der Waals surface area contributed by atoms with Crippen molar-refractivity contribution in [2.24, 2.45) is 5.92 Å². The summed E-state index contributed by atoms with van der Waals surface area (Å²) in [5.41, 5.74) is 1.37. The van der Waals surface area contributed by atoms with E-state index in [1.807, 2.05) is 4.90 Å². The number of amides is 1. The first kappa shape index (κ1) is 15.1. The molecule has 3 rings (SSSR count). The Labute approximate surface area is 135 Å². The van der Waals surface area contributed by atoms with E-state index in [9.17, 15) is 4.79 Å². The van der Waals surface area contributed by atoms with Crippen molar-refractivity contribution in [1.29, 1.82) is 0 Å². The summed E-state index contributed by atoms with van der Waals surface area (Å²) in [6.45, 7) is 7.38. The normalized spacial score (nSPS) is 26.5. The molecule has 3 nitrogen and oxygen atoms in total. The van der Waals surface area contributed by atoms with Crippen LogP contribution < -0.4 is 0 Å². The van der Waals surface area contributed by atoms with Crippen LogP contribution in [0.4, 0.5) is 0 Å². The van der Waals surface area contributed by atoms with Gasteiger partial charge in [0.25, 0.3) is 0 Å². The second kappa shape index (κ2) is 6.11. The van der Waals surface area contributed by atoms with Gasteiger partial charge in [0, 0.05) is 23.9 Å². The number of hydrogen-bond donors (Lipinski definition) is 0. The highest BCUT2D eigenvalue weighted by Gasteiger charge is 2.35. The summed E-state index contributed by atoms with van der Waals surface area (Å²) in [6, 6.07) is 2.12. The molecule has 21 heavy (non-hydrogen) atoms. The van der Waals surface area contributed by atoms with Gasteiger partial charge in [-0.3, -0.25) is 4.79 Å². The van der Waals surface area contributed by atoms with Gasteiger partial charge < -0.3 is 9.80 Å². The molecule has 3 heterocycles. The van der Waals surface area contributed by atoms with E-state index in [1.54, 1.807) is 11.3 Å². The van der Waals surface area contributed by atoms with Crippen LogP contribution in [0.15, 0.2) is 18.7 Å². The van der Waals surface area contributed by atoms with Crippen LogP contribution in [0.25, 0.3) is 0 Å². The number of halogens is 1. The molecule has 1 saturated heterocycles. The quantitative estimate of drug-likeness (QED) is 0.779. The number of piperidine rings is 1. The molecule has 114 valence electrons. The first-order valence-electron chi connectivity index (χ1n) is 7.46. The summed E-state index contributed by atoms with van der Waals surface area (Å²) in [6.07, 6.45) is 3.89. The second-order valence-electron chi connectivity index (χ2n) is 6.12. The molecule has 5 heteroatoms. The van der Waals surface area contributed by atoms with Crippen molar-refractivity contribution in [3.05, 3.63) is 33.5 Å². The zero-order valence-electron chi connectivity index (χ0n) is 12.3. The summed E-state index contributed by atoms with van der Waals surface area (Å²) >= 11 is 7.84. The van der Waals surface area contributed by atoms with Crippen LogP contribution in [0.1, 0.15) is 29.2 Å². The third-order valence-electron chi connectivity index (χ3n) is 4.68. The Morgan fingerprint density at radius 2 is 2.33 bits per heavy atom. The third-order valence-corrected chi connectivity index (χ3v) is 5.94. The topological polar surface area (TPSA) is 23.6 Å². The highest BCUT2D eigenvalue weighted by Crippen LogP contribution is 2.42. The van der Waals surface area contributed by atoms with E-state index >= 15 is 0 Å². The van der Waals surface area contributed by atoms with Crippen LogP contribution in [0.2, 0.25) is 4.34 Å². The maximum atomic E-state index is 12.0. The number of hydrogen-bond acceptors (Lipinski definition) is 3. The van der Waals surface area contributed by atoms with Gasteiger partial charge in [-0.2, -0.15) is 0 Å². The maximum absolute atomic E-state index is 12.0. The number of nitrogens with zero attached hydrogens (tertiary/aromatic N) is 2. The Hall–Kier alpha value is -0.840. The van der Waals surface area contributed by atoms with E-state index in [4.69, 9.17) is 11.6 Å². The van der Waals surface area contributed by atoms with Gasteiger partial charge in [0.05, 0.1) is 10.9 Å². The monoisotopic (exact) mass is 324 g/mol. The largest absolute Gasteiger partial charge is 0.333 e. The zero-order valence-corrected chi connectivity index (χ0v) is 13.9. The van der Waals surface area contributed by atoms with Gasteiger partial charge in [-0.15, -0.1) is 11.3 Å². The Bertz CT molecular complexity index is 556. The summed E-state index contributed by atoms with van der Waals surface area (Å²) in [7, 11) is 2.18. The van der Waals surface area contributed by atoms with Crippen LogP contribution in [0.3, 0.4) is 0 Å². The van der Waals surface area contributed by atoms with Crippen molar-refractivity contribution in [2.45, 2.75) is 25.3 Å². The molecule has 0 radical (unpaired) electrons. The van der Waals surface area contributed by atoms with Crippen LogP contribution in [-0.4, -0.2) is 42.4 Å². The van der Waals surface area contributed by atoms with Crippen LogP contribution in [0.5, 0.6) is 0 Å². The van der Waals surface area contributed by atoms with E-state index < -0.39 is 0 Å². The van der Waals surface area contributed by atoms with Gasteiger partial charge in [0.15, 0.2) is 0 Å². The molecule has 1 aromatic heterocycles. The SMILES string of the molecule is C=CC(=O)N1Cc2sc(Cl)cc2[C@H]([C@H]2CCCN(C)C2)C1. The van der Waals surface area contributed by atoms with Gasteiger partial charge in [0.2, 0.25) is 5.91 Å². The predicted octanol–water partition coefficient (Wildman–Crippen LogP) is 3.36. The van der Waals surface area contributed by atoms with Gasteiger partial charge in [-0.1, -0.05) is 18.2 Å². The van der Waals surface area contributed by atoms with Crippen LogP contribution in [-0.2, 0) is 11.3 Å². The fraction of sp³-hybridized carbons (Fsp3) is 0.562. The maximum Gasteiger partial charge on any atom is 0.246 e. The molecule has 1 aromatic rings. The summed E-state index contributed by atoms with van der Waals surface area (Å²) < 4.78 is 0.835. The third kappa shape index (κ3) is 3.03. The summed E-state index contributed by atoms with van der Waals surface area (Å²) in [5.74, 6) is 1.04. The molecule has 0 aromatic carbocycles. The lowest BCUT2D eigenvalue weighted by Gasteiger charge is -2.40. The summed E-state index contributed by atoms with van der Waals surface area (Å²) in [5, 5.41) is 0. The van der Waals surface area contributed by atoms with Gasteiger partial charge in [-0.05, 0) is 50.1 Å². The second-order valence-corrected chi connectivity index (χ2v) is 7.89. The molecule has 2 atom stereocenters. The first-order chi connectivity index (χ1) is 10.1. The minimum absolute atomic E-state index is 0.0272. The molecule has 0 bridgehead atoms. The number of carbonyl (C=O) groups excluding carboxylic acids is 1. The molecule has 0 aliphatic carbocycles. The number of rotatable bonds is 2. The molecule has 0 saturated carbocycles. The van der Waals surface area contributed by atoms with E-state index in [-0.39, 0.29) is 5.91 Å². The average molecular weight is 325 g/mol. The lowest BCUT2D eigenvalue weighted by molar-refractivity contribution is -0.127. The fourth-order valence-electron chi connectivity index (χ4n) is 3.65. The molecule has 1 fully saturated rings. The Balaban J connectivity index is 1.89. The number of likely N-dealkylation sites (tertiary alicyclic amines) is 1. The van der Waals surface area contributed by atoms with E-state index in [2.05, 4.69) is 24.6 Å². The molecular formula is C16H21ClN2OS. The number of fused-ring (bicyclic) bond motifs is 1. The van der Waals surface area contributed by atoms with Crippen LogP contribution in [0, 0.1) is 5.92 Å². The number of thiophene rings is 1. The Morgan fingerprint density at radius 1 is 1.52 bits per heavy atom. The van der Waals surface area contributed by atoms with Crippen molar-refractivity contribution in [1.82, 2.24) is 9.80 Å². The molecule has 0 spiro atoms. The molecule has 2 aliphatic rings. The molecule has 0 N–H and O–H groups in total. The van der Waals surface area contributed by atoms with Crippen molar-refractivity contribution in [3.8, 4) is 0 Å². The van der Waals surface area contributed by atoms with Crippen LogP contribution >= 0.6 is 22.9 Å². The molecule has 2 aliphatic heterocycles. The molecular weight excluding hydrogens is 304 g/mol. The first-order valence-corrected chi connectivity index (χ1v) is 8.66. The standard InChI is InChI=1S/C16H21ClN2OS/c1-3-16(20)19-9-13(11-5-4-6-18(2)8-11)12-7-15(17)21-14(12)10-19/h3,7,11,13H,1,4-6,8-10H2,2H3/t11-,13-/m0/s1. The highest BCUT2D eigenvalue weighted by molar-refractivity contribution is 7.16. The van der Waals surface area contributed by atoms with E-state index in [0.29, 0.717) is 18.4 Å². The lowest BCUT2D eigenvalue weighted by atomic mass is 9.79. The molecule has 1 amide bonds. The van der Waals surface area contributed by atoms with Gasteiger partial charge >= 0.3 is 0 Å². The Kier molecular flexibility index (Phi) is 4.38. The average Bonchev–Trinajstić information content (AvgIpc) is 2.85. The minimum Gasteiger partial charge on any atom is -0.333 e. The minimum atomic E-state index is 0.0272. The van der Waals surface area contributed by atoms with Gasteiger partial charge in [0.1, 0.15) is 0 Å². The molecule has 0 unspecified atom stereocenters. The van der Waals surface area contributed by atoms with Gasteiger partial charge in [-0.25, -0.2) is 0 Å². The zero-order chi connectivity index (χ0) is 15.0. The fourth-order valence-corrected chi connectivity index (χ4v) is 5.02. The smallest absolute Gasteiger partial charge is 0.246 e. The predicted molar refractivity (Wildman–Crippen MR) is 87.9 cm³/mol. The lowest BCUT2D eigenvalue weighted by Crippen LogP contribution is -2.43. The van der Waals surface area contributed by atoms with Crippen molar-refractivity contribution >= 4 is 28.8 Å². The van der Waals surface area contributed by atoms with E-state index in [1.165, 1.54) is 35.9 Å². The number of carbonyl (C=O) groups is 1. The van der Waals surface area contributed by atoms with Crippen molar-refractivity contribution in [3.63, 3.8) is 0 Å². The summed E-state index contributed by atoms with van der Waals surface area (Å²) in [4.78, 5) is 17.6. The van der Waals surface area contributed by atoms with Crippen molar-refractivity contribution in [2.75, 3.05) is 26.7 Å². The highest BCUT2D eigenvalue weighted by atomic mass is 35.5. The Morgan fingerprint density at radius 3 is 3.05 bits per heavy atom. The van der Waals surface area contributed by atoms with E-state index in [0.717, 1.165) is 17.4 Å².